The maximum absolute atomic E-state index is 14.2. The monoisotopic (exact) mass is 1000 g/mol. The van der Waals surface area contributed by atoms with Crippen LogP contribution in [0.4, 0.5) is 11.5 Å². The molecule has 3 aliphatic heterocycles. The van der Waals surface area contributed by atoms with Crippen LogP contribution >= 0.6 is 0 Å². The second-order valence-electron chi connectivity index (χ2n) is 20.7. The number of rotatable bonds is 10. The Kier molecular flexibility index (Phi) is 20.1. The van der Waals surface area contributed by atoms with Crippen molar-refractivity contribution < 1.29 is 71.7 Å². The zero-order chi connectivity index (χ0) is 52.1. The topological polar surface area (TPSA) is 278 Å². The van der Waals surface area contributed by atoms with E-state index >= 15 is 0 Å². The summed E-state index contributed by atoms with van der Waals surface area (Å²) >= 11 is 0. The number of hydrogen-bond acceptors (Lipinski definition) is 19. The van der Waals surface area contributed by atoms with Crippen molar-refractivity contribution in [3.8, 4) is 0 Å². The molecule has 8 N–H and O–H groups in total. The molecule has 5 rings (SSSR count). The van der Waals surface area contributed by atoms with Gasteiger partial charge in [0, 0.05) is 49.8 Å². The SMILES string of the molecule is CC[C@H]1OC(=O)[C@H](C)[C@@H](OC2CC(C)(OC)C(O)C(C)O2)[C@H](C)[C@@H](OC2OC(C)CC(N(C)C)C2O)[C@](C)(O)C[C@@H](C)CN(C)[C@H](C)[C@@H](O)[C@]1(C)O.Cc1cc(NS(=O)(=O)c2ccc(N)cc2)no1. The molecule has 3 fully saturated rings. The third-order valence-corrected chi connectivity index (χ3v) is 15.6. The molecular formula is C48H83N5O15S. The fourth-order valence-corrected chi connectivity index (χ4v) is 11.0. The minimum atomic E-state index is -3.64. The molecule has 4 heterocycles. The van der Waals surface area contributed by atoms with Gasteiger partial charge in [0.2, 0.25) is 0 Å². The van der Waals surface area contributed by atoms with Gasteiger partial charge < -0.3 is 74.0 Å². The van der Waals surface area contributed by atoms with Crippen molar-refractivity contribution in [2.75, 3.05) is 45.3 Å². The number of nitrogens with two attached hydrogens (primary N) is 1. The lowest BCUT2D eigenvalue weighted by molar-refractivity contribution is -0.318. The van der Waals surface area contributed by atoms with E-state index in [-0.39, 0.29) is 48.0 Å². The van der Waals surface area contributed by atoms with Crippen molar-refractivity contribution in [2.45, 2.75) is 197 Å². The number of anilines is 2. The van der Waals surface area contributed by atoms with E-state index in [4.69, 9.17) is 38.7 Å². The van der Waals surface area contributed by atoms with Gasteiger partial charge >= 0.3 is 5.97 Å². The maximum Gasteiger partial charge on any atom is 0.311 e. The first kappa shape index (κ1) is 58.5. The lowest BCUT2D eigenvalue weighted by Crippen LogP contribution is -2.60. The molecule has 0 spiro atoms. The van der Waals surface area contributed by atoms with Gasteiger partial charge in [0.1, 0.15) is 35.8 Å². The van der Waals surface area contributed by atoms with Gasteiger partial charge in [-0.05, 0) is 126 Å². The molecule has 8 unspecified atom stereocenters. The number of benzene rings is 1. The molecule has 0 aliphatic carbocycles. The highest BCUT2D eigenvalue weighted by Gasteiger charge is 2.52. The lowest BCUT2D eigenvalue weighted by atomic mass is 9.77. The molecule has 2 aromatic rings. The lowest BCUT2D eigenvalue weighted by Gasteiger charge is -2.48. The molecule has 1 aromatic carbocycles. The van der Waals surface area contributed by atoms with Gasteiger partial charge in [0.25, 0.3) is 10.0 Å². The summed E-state index contributed by atoms with van der Waals surface area (Å²) in [6, 6.07) is 6.56. The van der Waals surface area contributed by atoms with E-state index in [2.05, 4.69) is 9.88 Å². The molecule has 0 bridgehead atoms. The summed E-state index contributed by atoms with van der Waals surface area (Å²) in [6.45, 7) is 19.7. The Morgan fingerprint density at radius 2 is 1.59 bits per heavy atom. The van der Waals surface area contributed by atoms with Gasteiger partial charge in [-0.15, -0.1) is 0 Å². The predicted octanol–water partition coefficient (Wildman–Crippen LogP) is 3.27. The smallest absolute Gasteiger partial charge is 0.311 e. The molecule has 3 saturated heterocycles. The normalized spacial score (nSPS) is 40.2. The van der Waals surface area contributed by atoms with Crippen molar-refractivity contribution in [2.24, 2.45) is 17.8 Å². The van der Waals surface area contributed by atoms with Gasteiger partial charge in [0.15, 0.2) is 18.4 Å². The Bertz CT molecular complexity index is 2040. The Morgan fingerprint density at radius 1 is 0.971 bits per heavy atom. The summed E-state index contributed by atoms with van der Waals surface area (Å²) < 4.78 is 68.4. The summed E-state index contributed by atoms with van der Waals surface area (Å²) in [5.74, 6) is -1.90. The van der Waals surface area contributed by atoms with Crippen LogP contribution in [0, 0.1) is 24.7 Å². The van der Waals surface area contributed by atoms with Crippen LogP contribution in [-0.4, -0.2) is 180 Å². The Labute approximate surface area is 409 Å². The van der Waals surface area contributed by atoms with Crippen LogP contribution in [0.5, 0.6) is 0 Å². The minimum Gasteiger partial charge on any atom is -0.459 e. The number of aromatic nitrogens is 1. The van der Waals surface area contributed by atoms with Gasteiger partial charge in [-0.3, -0.25) is 9.52 Å². The number of nitrogens with zero attached hydrogens (tertiary/aromatic N) is 3. The van der Waals surface area contributed by atoms with Crippen molar-refractivity contribution in [1.82, 2.24) is 15.0 Å². The number of methoxy groups -OCH3 is 1. The molecule has 20 nitrogen and oxygen atoms in total. The Hall–Kier alpha value is -3.03. The predicted molar refractivity (Wildman–Crippen MR) is 257 cm³/mol. The van der Waals surface area contributed by atoms with Gasteiger partial charge in [-0.1, -0.05) is 25.9 Å². The Morgan fingerprint density at radius 3 is 2.14 bits per heavy atom. The van der Waals surface area contributed by atoms with Crippen molar-refractivity contribution in [3.63, 3.8) is 0 Å². The van der Waals surface area contributed by atoms with E-state index in [9.17, 15) is 38.7 Å². The van der Waals surface area contributed by atoms with E-state index in [1.54, 1.807) is 48.5 Å². The molecule has 0 saturated carbocycles. The van der Waals surface area contributed by atoms with Gasteiger partial charge in [-0.2, -0.15) is 0 Å². The van der Waals surface area contributed by atoms with Crippen LogP contribution in [-0.2, 0) is 43.2 Å². The number of hydrogen-bond donors (Lipinski definition) is 7. The maximum atomic E-state index is 14.2. The number of nitrogens with one attached hydrogen (secondary N) is 1. The number of nitrogen functional groups attached to an aromatic ring is 1. The second kappa shape index (κ2) is 23.7. The van der Waals surface area contributed by atoms with E-state index < -0.39 is 106 Å². The Balaban J connectivity index is 0.000000507. The number of cyclic esters (lactones) is 1. The summed E-state index contributed by atoms with van der Waals surface area (Å²) in [5, 5.41) is 61.7. The first-order chi connectivity index (χ1) is 31.9. The van der Waals surface area contributed by atoms with E-state index in [0.717, 1.165) is 0 Å². The molecular weight excluding hydrogens is 919 g/mol. The van der Waals surface area contributed by atoms with Crippen LogP contribution in [0.1, 0.15) is 101 Å². The van der Waals surface area contributed by atoms with Crippen molar-refractivity contribution in [1.29, 1.82) is 0 Å². The number of carbonyl (C=O) groups is 1. The van der Waals surface area contributed by atoms with E-state index in [1.165, 1.54) is 44.4 Å². The van der Waals surface area contributed by atoms with Crippen LogP contribution in [0.3, 0.4) is 0 Å². The largest absolute Gasteiger partial charge is 0.459 e. The standard InChI is InChI=1S/C38H72N2O12.C10H11N3O3S/c1-15-27-38(10,46)31(42)24(6)40(13)19-20(2)17-36(8,45)33(52-35-29(41)26(39(11)12)16-21(3)48-35)22(4)30(23(5)34(44)50-27)51-28-18-37(9,47-14)32(43)25(7)49-28;1-7-6-10(12-16-7)13-17(14,15)9-4-2-8(11)3-5-9/h20-33,35,41-43,45-46H,15-19H2,1-14H3;2-6H,11H2,1H3,(H,12,13)/t20-,21?,22+,23-,24-,25?,26?,27-,28?,29?,30+,31-,32?,33-,35?,36-,37?,38-;/m1./s1. The molecule has 396 valence electrons. The highest BCUT2D eigenvalue weighted by atomic mass is 32.2. The van der Waals surface area contributed by atoms with Gasteiger partial charge in [-0.25, -0.2) is 8.42 Å². The highest BCUT2D eigenvalue weighted by molar-refractivity contribution is 7.92. The summed E-state index contributed by atoms with van der Waals surface area (Å²) in [7, 11) is 3.47. The number of likely N-dealkylation sites (N-methyl/N-ethyl adjacent to an activating group) is 2. The molecule has 3 aliphatic rings. The fourth-order valence-electron chi connectivity index (χ4n) is 9.99. The van der Waals surface area contributed by atoms with E-state index in [1.807, 2.05) is 51.7 Å². The number of aryl methyl sites for hydroxylation is 1. The summed E-state index contributed by atoms with van der Waals surface area (Å²) in [4.78, 5) is 18.2. The molecule has 21 heteroatoms. The first-order valence-corrected chi connectivity index (χ1v) is 25.4. The zero-order valence-corrected chi connectivity index (χ0v) is 44.0. The number of carbonyl (C=O) groups excluding carboxylic acids is 1. The van der Waals surface area contributed by atoms with Crippen LogP contribution in [0.15, 0.2) is 39.8 Å². The second-order valence-corrected chi connectivity index (χ2v) is 22.3. The average molecular weight is 1000 g/mol. The third-order valence-electron chi connectivity index (χ3n) is 14.3. The summed E-state index contributed by atoms with van der Waals surface area (Å²) in [5.41, 5.74) is 1.61. The molecule has 0 amide bonds. The van der Waals surface area contributed by atoms with Crippen LogP contribution in [0.25, 0.3) is 0 Å². The first-order valence-electron chi connectivity index (χ1n) is 23.9. The number of aliphatic hydroxyl groups excluding tert-OH is 3. The fraction of sp³-hybridized carbons (Fsp3) is 0.792. The average Bonchev–Trinajstić information content (AvgIpc) is 3.67. The number of sulfonamides is 1. The zero-order valence-electron chi connectivity index (χ0n) is 43.2. The number of aliphatic hydroxyl groups is 5. The van der Waals surface area contributed by atoms with Gasteiger partial charge in [0.05, 0.1) is 46.4 Å². The number of ether oxygens (including phenoxy) is 6. The number of esters is 1. The van der Waals surface area contributed by atoms with Crippen LogP contribution in [0.2, 0.25) is 0 Å². The summed E-state index contributed by atoms with van der Waals surface area (Å²) in [6.07, 6.45) is -8.19. The highest BCUT2D eigenvalue weighted by Crippen LogP contribution is 2.40. The van der Waals surface area contributed by atoms with E-state index in [0.29, 0.717) is 24.4 Å². The minimum absolute atomic E-state index is 0.118. The third kappa shape index (κ3) is 14.4. The quantitative estimate of drug-likeness (QED) is 0.133. The molecule has 1 aromatic heterocycles. The van der Waals surface area contributed by atoms with Crippen molar-refractivity contribution >= 4 is 27.5 Å². The molecule has 18 atom stereocenters. The van der Waals surface area contributed by atoms with Crippen molar-refractivity contribution in [3.05, 3.63) is 36.1 Å². The van der Waals surface area contributed by atoms with Crippen LogP contribution < -0.4 is 10.5 Å². The molecule has 0 radical (unpaired) electrons. The molecule has 69 heavy (non-hydrogen) atoms.